The molecular weight excluding hydrogens is 232 g/mol. The number of hydrazone groups is 1. The van der Waals surface area contributed by atoms with Gasteiger partial charge in [-0.25, -0.2) is 10.5 Å². The fourth-order valence-electron chi connectivity index (χ4n) is 0.902. The number of thiophene rings is 1. The fourth-order valence-corrected chi connectivity index (χ4v) is 1.62. The van der Waals surface area contributed by atoms with Crippen molar-refractivity contribution in [2.75, 3.05) is 11.3 Å². The molecule has 4 N–H and O–H groups in total. The number of nitrogens with two attached hydrogens (primary N) is 1. The van der Waals surface area contributed by atoms with Gasteiger partial charge in [-0.3, -0.25) is 0 Å². The van der Waals surface area contributed by atoms with Gasteiger partial charge in [-0.1, -0.05) is 6.07 Å². The molecule has 0 atom stereocenters. The zero-order chi connectivity index (χ0) is 10.7. The first-order valence-electron chi connectivity index (χ1n) is 4.02. The number of nitrogens with zero attached hydrogens (tertiary/aromatic N) is 3. The molecule has 2 heterocycles. The molecule has 0 bridgehead atoms. The summed E-state index contributed by atoms with van der Waals surface area (Å²) >= 11 is 6.43. The van der Waals surface area contributed by atoms with Crippen molar-refractivity contribution in [3.05, 3.63) is 27.2 Å². The molecule has 2 aromatic rings. The smallest absolute Gasteiger partial charge is 0.262 e. The minimum absolute atomic E-state index is 0.337. The average Bonchev–Trinajstić information content (AvgIpc) is 2.83. The van der Waals surface area contributed by atoms with Gasteiger partial charge in [-0.2, -0.15) is 9.78 Å². The molecule has 0 saturated heterocycles. The van der Waals surface area contributed by atoms with E-state index in [9.17, 15) is 0 Å². The molecule has 0 aromatic carbocycles. The van der Waals surface area contributed by atoms with Crippen LogP contribution in [0.4, 0.5) is 5.95 Å². The van der Waals surface area contributed by atoms with E-state index in [0.29, 0.717) is 10.7 Å². The van der Waals surface area contributed by atoms with Crippen LogP contribution in [0.25, 0.3) is 0 Å². The van der Waals surface area contributed by atoms with Crippen LogP contribution in [0.1, 0.15) is 4.88 Å². The van der Waals surface area contributed by atoms with E-state index in [1.807, 2.05) is 17.5 Å². The summed E-state index contributed by atoms with van der Waals surface area (Å²) in [6, 6.07) is 3.90. The van der Waals surface area contributed by atoms with E-state index in [2.05, 4.69) is 20.7 Å². The molecule has 0 aliphatic rings. The van der Waals surface area contributed by atoms with Gasteiger partial charge in [0.2, 0.25) is 4.77 Å². The molecule has 0 aliphatic heterocycles. The van der Waals surface area contributed by atoms with Crippen molar-refractivity contribution in [2.45, 2.75) is 0 Å². The zero-order valence-corrected chi connectivity index (χ0v) is 9.18. The second-order valence-corrected chi connectivity index (χ2v) is 3.97. The van der Waals surface area contributed by atoms with E-state index in [0.717, 1.165) is 4.88 Å². The molecule has 0 spiro atoms. The van der Waals surface area contributed by atoms with E-state index in [1.165, 1.54) is 4.68 Å². The Balaban J connectivity index is 2.05. The van der Waals surface area contributed by atoms with Crippen LogP contribution >= 0.6 is 23.6 Å². The van der Waals surface area contributed by atoms with Crippen LogP contribution in [0.3, 0.4) is 0 Å². The SMILES string of the molecule is Nn1c(N/N=C\c2cccs2)n[nH]c1=S. The molecule has 0 saturated carbocycles. The van der Waals surface area contributed by atoms with Crippen molar-refractivity contribution in [1.29, 1.82) is 0 Å². The number of aromatic nitrogens is 3. The summed E-state index contributed by atoms with van der Waals surface area (Å²) in [6.07, 6.45) is 1.68. The van der Waals surface area contributed by atoms with Crippen LogP contribution in [0, 0.1) is 4.77 Å². The van der Waals surface area contributed by atoms with Gasteiger partial charge < -0.3 is 5.84 Å². The first-order valence-corrected chi connectivity index (χ1v) is 5.31. The van der Waals surface area contributed by atoms with Gasteiger partial charge in [-0.05, 0) is 23.7 Å². The van der Waals surface area contributed by atoms with E-state index in [-0.39, 0.29) is 0 Å². The number of aromatic amines is 1. The first-order chi connectivity index (χ1) is 7.27. The highest BCUT2D eigenvalue weighted by atomic mass is 32.1. The Kier molecular flexibility index (Phi) is 2.79. The van der Waals surface area contributed by atoms with Crippen molar-refractivity contribution >= 4 is 35.7 Å². The Bertz CT molecular complexity index is 508. The predicted molar refractivity (Wildman–Crippen MR) is 63.1 cm³/mol. The number of nitrogen functional groups attached to an aromatic ring is 1. The second kappa shape index (κ2) is 4.24. The molecule has 0 unspecified atom stereocenters. The van der Waals surface area contributed by atoms with Crippen molar-refractivity contribution in [2.24, 2.45) is 5.10 Å². The van der Waals surface area contributed by atoms with Crippen molar-refractivity contribution < 1.29 is 0 Å². The lowest BCUT2D eigenvalue weighted by Crippen LogP contribution is -2.11. The lowest BCUT2D eigenvalue weighted by atomic mass is 10.5. The molecular formula is C7H8N6S2. The minimum Gasteiger partial charge on any atom is -0.334 e. The third-order valence-corrected chi connectivity index (χ3v) is 2.70. The van der Waals surface area contributed by atoms with E-state index >= 15 is 0 Å². The average molecular weight is 240 g/mol. The Morgan fingerprint density at radius 1 is 1.73 bits per heavy atom. The first kappa shape index (κ1) is 9.87. The molecule has 2 aromatic heterocycles. The summed E-state index contributed by atoms with van der Waals surface area (Å²) in [5, 5.41) is 12.3. The highest BCUT2D eigenvalue weighted by Gasteiger charge is 1.98. The Hall–Kier alpha value is -1.67. The fraction of sp³-hybridized carbons (Fsp3) is 0. The predicted octanol–water partition coefficient (Wildman–Crippen LogP) is 1.16. The summed E-state index contributed by atoms with van der Waals surface area (Å²) < 4.78 is 1.55. The normalized spacial score (nSPS) is 10.9. The Morgan fingerprint density at radius 3 is 3.20 bits per heavy atom. The minimum atomic E-state index is 0.337. The van der Waals surface area contributed by atoms with Crippen LogP contribution in [0.5, 0.6) is 0 Å². The van der Waals surface area contributed by atoms with E-state index in [4.69, 9.17) is 18.1 Å². The largest absolute Gasteiger partial charge is 0.334 e. The van der Waals surface area contributed by atoms with Crippen LogP contribution < -0.4 is 11.3 Å². The quantitative estimate of drug-likeness (QED) is 0.325. The maximum atomic E-state index is 5.55. The number of anilines is 1. The number of hydrogen-bond donors (Lipinski definition) is 3. The highest BCUT2D eigenvalue weighted by Crippen LogP contribution is 2.05. The van der Waals surface area contributed by atoms with Crippen molar-refractivity contribution in [1.82, 2.24) is 14.9 Å². The van der Waals surface area contributed by atoms with Gasteiger partial charge in [0.25, 0.3) is 5.95 Å². The molecule has 78 valence electrons. The van der Waals surface area contributed by atoms with Crippen LogP contribution in [-0.2, 0) is 0 Å². The number of hydrogen-bond acceptors (Lipinski definition) is 6. The molecule has 6 nitrogen and oxygen atoms in total. The molecule has 0 fully saturated rings. The Labute approximate surface area is 94.4 Å². The monoisotopic (exact) mass is 240 g/mol. The van der Waals surface area contributed by atoms with Crippen molar-refractivity contribution in [3.8, 4) is 0 Å². The van der Waals surface area contributed by atoms with Gasteiger partial charge in [0, 0.05) is 4.88 Å². The summed E-state index contributed by atoms with van der Waals surface area (Å²) in [6.45, 7) is 0. The third-order valence-electron chi connectivity index (χ3n) is 1.60. The lowest BCUT2D eigenvalue weighted by molar-refractivity contribution is 0.971. The molecule has 15 heavy (non-hydrogen) atoms. The maximum Gasteiger partial charge on any atom is 0.262 e. The maximum absolute atomic E-state index is 5.55. The van der Waals surface area contributed by atoms with Crippen LogP contribution in [-0.4, -0.2) is 21.1 Å². The molecule has 0 amide bonds. The molecule has 0 radical (unpaired) electrons. The number of rotatable bonds is 3. The third kappa shape index (κ3) is 2.22. The number of H-pyrrole nitrogens is 1. The number of nitrogens with one attached hydrogen (secondary N) is 2. The van der Waals surface area contributed by atoms with Crippen LogP contribution in [0.15, 0.2) is 22.6 Å². The summed E-state index contributed by atoms with van der Waals surface area (Å²) in [4.78, 5) is 1.04. The van der Waals surface area contributed by atoms with Gasteiger partial charge >= 0.3 is 0 Å². The van der Waals surface area contributed by atoms with E-state index in [1.54, 1.807) is 17.6 Å². The van der Waals surface area contributed by atoms with Gasteiger partial charge in [0.15, 0.2) is 0 Å². The topological polar surface area (TPSA) is 84.0 Å². The van der Waals surface area contributed by atoms with Gasteiger partial charge in [0.1, 0.15) is 0 Å². The van der Waals surface area contributed by atoms with Gasteiger partial charge in [-0.15, -0.1) is 16.4 Å². The van der Waals surface area contributed by atoms with Crippen molar-refractivity contribution in [3.63, 3.8) is 0 Å². The summed E-state index contributed by atoms with van der Waals surface area (Å²) in [7, 11) is 0. The standard InChI is InChI=1S/C7H8N6S2/c8-13-6(11-12-7(13)14)10-9-4-5-2-1-3-15-5/h1-4H,8H2,(H,10,11)(H,12,14)/b9-4-. The van der Waals surface area contributed by atoms with Gasteiger partial charge in [0.05, 0.1) is 6.21 Å². The summed E-state index contributed by atoms with van der Waals surface area (Å²) in [5.74, 6) is 5.92. The summed E-state index contributed by atoms with van der Waals surface area (Å²) in [5.41, 5.74) is 2.68. The van der Waals surface area contributed by atoms with E-state index < -0.39 is 0 Å². The second-order valence-electron chi connectivity index (χ2n) is 2.61. The molecule has 8 heteroatoms. The van der Waals surface area contributed by atoms with Crippen LogP contribution in [0.2, 0.25) is 0 Å². The highest BCUT2D eigenvalue weighted by molar-refractivity contribution is 7.71. The zero-order valence-electron chi connectivity index (χ0n) is 7.54. The Morgan fingerprint density at radius 2 is 2.60 bits per heavy atom. The molecule has 2 rings (SSSR count). The lowest BCUT2D eigenvalue weighted by Gasteiger charge is -1.96. The molecule has 0 aliphatic carbocycles.